The van der Waals surface area contributed by atoms with Gasteiger partial charge in [-0.05, 0) is 35.4 Å². The van der Waals surface area contributed by atoms with Crippen molar-refractivity contribution in [3.8, 4) is 23.0 Å². The third-order valence-corrected chi connectivity index (χ3v) is 5.67. The number of hydrogen-bond acceptors (Lipinski definition) is 6. The standard InChI is InChI=1S/C22H26O6/c1-23-15-5-13(6-16(9-15)24-2)21-19-11-28-22(20(19)12-27-21)14-7-17(25-3)10-18(8-14)26-4/h5-10,19-22H,11-12H2,1-4H3. The topological polar surface area (TPSA) is 55.4 Å². The second-order valence-electron chi connectivity index (χ2n) is 7.13. The Morgan fingerprint density at radius 2 is 0.893 bits per heavy atom. The van der Waals surface area contributed by atoms with Crippen LogP contribution in [0.2, 0.25) is 0 Å². The van der Waals surface area contributed by atoms with Gasteiger partial charge in [0.2, 0.25) is 0 Å². The largest absolute Gasteiger partial charge is 0.497 e. The molecule has 0 radical (unpaired) electrons. The Kier molecular flexibility index (Phi) is 5.33. The van der Waals surface area contributed by atoms with Crippen molar-refractivity contribution in [2.75, 3.05) is 41.7 Å². The fourth-order valence-corrected chi connectivity index (χ4v) is 4.22. The van der Waals surface area contributed by atoms with Gasteiger partial charge in [0.05, 0.1) is 53.9 Å². The minimum absolute atomic E-state index is 0.0495. The fourth-order valence-electron chi connectivity index (χ4n) is 4.22. The van der Waals surface area contributed by atoms with Crippen molar-refractivity contribution in [3.63, 3.8) is 0 Å². The van der Waals surface area contributed by atoms with Gasteiger partial charge in [0.25, 0.3) is 0 Å². The van der Waals surface area contributed by atoms with Crippen molar-refractivity contribution < 1.29 is 28.4 Å². The molecule has 4 rings (SSSR count). The zero-order chi connectivity index (χ0) is 19.7. The average molecular weight is 386 g/mol. The van der Waals surface area contributed by atoms with Crippen LogP contribution in [0.4, 0.5) is 0 Å². The lowest BCUT2D eigenvalue weighted by Crippen LogP contribution is -2.14. The molecule has 2 aromatic rings. The van der Waals surface area contributed by atoms with E-state index >= 15 is 0 Å². The highest BCUT2D eigenvalue weighted by Crippen LogP contribution is 2.51. The molecule has 0 aliphatic carbocycles. The summed E-state index contributed by atoms with van der Waals surface area (Å²) in [7, 11) is 6.62. The van der Waals surface area contributed by atoms with E-state index in [0.717, 1.165) is 34.1 Å². The third-order valence-electron chi connectivity index (χ3n) is 5.67. The molecule has 6 heteroatoms. The third kappa shape index (κ3) is 3.38. The smallest absolute Gasteiger partial charge is 0.122 e. The van der Waals surface area contributed by atoms with Gasteiger partial charge < -0.3 is 28.4 Å². The normalized spacial score (nSPS) is 26.0. The molecule has 28 heavy (non-hydrogen) atoms. The molecule has 2 aliphatic rings. The van der Waals surface area contributed by atoms with Crippen molar-refractivity contribution in [2.45, 2.75) is 12.2 Å². The van der Waals surface area contributed by atoms with Crippen LogP contribution >= 0.6 is 0 Å². The number of benzene rings is 2. The van der Waals surface area contributed by atoms with Crippen LogP contribution in [-0.2, 0) is 9.47 Å². The predicted molar refractivity (Wildman–Crippen MR) is 103 cm³/mol. The van der Waals surface area contributed by atoms with E-state index in [2.05, 4.69) is 0 Å². The van der Waals surface area contributed by atoms with Gasteiger partial charge in [-0.1, -0.05) is 0 Å². The molecule has 2 heterocycles. The first-order chi connectivity index (χ1) is 13.7. The highest BCUT2D eigenvalue weighted by atomic mass is 16.5. The Balaban J connectivity index is 1.60. The van der Waals surface area contributed by atoms with Crippen molar-refractivity contribution in [3.05, 3.63) is 47.5 Å². The molecule has 2 fully saturated rings. The summed E-state index contributed by atoms with van der Waals surface area (Å²) in [5, 5.41) is 0. The van der Waals surface area contributed by atoms with Gasteiger partial charge >= 0.3 is 0 Å². The Labute approximate surface area is 165 Å². The summed E-state index contributed by atoms with van der Waals surface area (Å²) < 4.78 is 34.1. The first-order valence-electron chi connectivity index (χ1n) is 9.36. The van der Waals surface area contributed by atoms with Crippen molar-refractivity contribution in [1.29, 1.82) is 0 Å². The molecule has 0 N–H and O–H groups in total. The lowest BCUT2D eigenvalue weighted by atomic mass is 9.85. The van der Waals surface area contributed by atoms with Crippen LogP contribution in [0.25, 0.3) is 0 Å². The molecule has 0 amide bonds. The van der Waals surface area contributed by atoms with Crippen molar-refractivity contribution in [2.24, 2.45) is 11.8 Å². The van der Waals surface area contributed by atoms with Crippen molar-refractivity contribution >= 4 is 0 Å². The quantitative estimate of drug-likeness (QED) is 0.753. The Morgan fingerprint density at radius 3 is 1.18 bits per heavy atom. The maximum absolute atomic E-state index is 6.22. The lowest BCUT2D eigenvalue weighted by Gasteiger charge is -2.18. The number of methoxy groups -OCH3 is 4. The summed E-state index contributed by atoms with van der Waals surface area (Å²) in [6.07, 6.45) is -0.0991. The van der Waals surface area contributed by atoms with E-state index in [-0.39, 0.29) is 24.0 Å². The summed E-state index contributed by atoms with van der Waals surface area (Å²) in [5.41, 5.74) is 2.10. The van der Waals surface area contributed by atoms with Gasteiger partial charge in [0, 0.05) is 24.0 Å². The Morgan fingerprint density at radius 1 is 0.571 bits per heavy atom. The van der Waals surface area contributed by atoms with Crippen LogP contribution in [0.3, 0.4) is 0 Å². The molecule has 150 valence electrons. The zero-order valence-electron chi connectivity index (χ0n) is 16.6. The van der Waals surface area contributed by atoms with Crippen LogP contribution in [0.1, 0.15) is 23.3 Å². The molecular weight excluding hydrogens is 360 g/mol. The highest BCUT2D eigenvalue weighted by Gasteiger charge is 2.48. The molecule has 2 aliphatic heterocycles. The maximum atomic E-state index is 6.22. The summed E-state index contributed by atoms with van der Waals surface area (Å²) in [6, 6.07) is 11.8. The van der Waals surface area contributed by atoms with E-state index < -0.39 is 0 Å². The molecular formula is C22H26O6. The molecule has 4 atom stereocenters. The zero-order valence-corrected chi connectivity index (χ0v) is 16.6. The van der Waals surface area contributed by atoms with E-state index in [4.69, 9.17) is 28.4 Å². The van der Waals surface area contributed by atoms with Gasteiger partial charge in [0.15, 0.2) is 0 Å². The van der Waals surface area contributed by atoms with E-state index in [9.17, 15) is 0 Å². The maximum Gasteiger partial charge on any atom is 0.122 e. The first kappa shape index (κ1) is 18.9. The molecule has 2 saturated heterocycles. The van der Waals surface area contributed by atoms with Crippen LogP contribution in [0, 0.1) is 11.8 Å². The molecule has 0 saturated carbocycles. The number of fused-ring (bicyclic) bond motifs is 1. The average Bonchev–Trinajstić information content (AvgIpc) is 3.35. The number of ether oxygens (including phenoxy) is 6. The molecule has 0 aromatic heterocycles. The molecule has 0 bridgehead atoms. The highest BCUT2D eigenvalue weighted by molar-refractivity contribution is 5.42. The lowest BCUT2D eigenvalue weighted by molar-refractivity contribution is 0.0190. The second kappa shape index (κ2) is 7.89. The molecule has 6 nitrogen and oxygen atoms in total. The summed E-state index contributed by atoms with van der Waals surface area (Å²) in [4.78, 5) is 0. The molecule has 4 unspecified atom stereocenters. The molecule has 2 aromatic carbocycles. The van der Waals surface area contributed by atoms with Crippen molar-refractivity contribution in [1.82, 2.24) is 0 Å². The van der Waals surface area contributed by atoms with Crippen LogP contribution in [0.15, 0.2) is 36.4 Å². The second-order valence-corrected chi connectivity index (χ2v) is 7.13. The van der Waals surface area contributed by atoms with E-state index in [1.165, 1.54) is 0 Å². The number of hydrogen-bond donors (Lipinski definition) is 0. The Hall–Kier alpha value is -2.44. The van der Waals surface area contributed by atoms with E-state index in [0.29, 0.717) is 13.2 Å². The van der Waals surface area contributed by atoms with Crippen LogP contribution in [0.5, 0.6) is 23.0 Å². The summed E-state index contributed by atoms with van der Waals surface area (Å²) >= 11 is 0. The first-order valence-corrected chi connectivity index (χ1v) is 9.36. The summed E-state index contributed by atoms with van der Waals surface area (Å²) in [6.45, 7) is 1.28. The van der Waals surface area contributed by atoms with Gasteiger partial charge in [-0.3, -0.25) is 0 Å². The van der Waals surface area contributed by atoms with Crippen LogP contribution < -0.4 is 18.9 Å². The van der Waals surface area contributed by atoms with Gasteiger partial charge in [0.1, 0.15) is 23.0 Å². The van der Waals surface area contributed by atoms with Gasteiger partial charge in [-0.25, -0.2) is 0 Å². The fraction of sp³-hybridized carbons (Fsp3) is 0.455. The summed E-state index contributed by atoms with van der Waals surface area (Å²) in [5.74, 6) is 3.56. The predicted octanol–water partition coefficient (Wildman–Crippen LogP) is 3.80. The van der Waals surface area contributed by atoms with Gasteiger partial charge in [-0.15, -0.1) is 0 Å². The SMILES string of the molecule is COc1cc(OC)cc(C2OCC3C(c4cc(OC)cc(OC)c4)OCC23)c1. The minimum atomic E-state index is -0.0495. The monoisotopic (exact) mass is 386 g/mol. The minimum Gasteiger partial charge on any atom is -0.497 e. The molecule has 0 spiro atoms. The van der Waals surface area contributed by atoms with E-state index in [1.807, 2.05) is 36.4 Å². The van der Waals surface area contributed by atoms with E-state index in [1.54, 1.807) is 28.4 Å². The van der Waals surface area contributed by atoms with Gasteiger partial charge in [-0.2, -0.15) is 0 Å². The van der Waals surface area contributed by atoms with Crippen LogP contribution in [-0.4, -0.2) is 41.7 Å². The number of rotatable bonds is 6. The Bertz CT molecular complexity index is 722.